The molecule has 2 N–H and O–H groups in total. The van der Waals surface area contributed by atoms with E-state index in [9.17, 15) is 8.42 Å². The van der Waals surface area contributed by atoms with Gasteiger partial charge in [0.25, 0.3) is 0 Å². The van der Waals surface area contributed by atoms with Crippen molar-refractivity contribution in [2.45, 2.75) is 0 Å². The molecule has 1 aromatic rings. The minimum atomic E-state index is -4.27. The van der Waals surface area contributed by atoms with Crippen LogP contribution in [0.3, 0.4) is 0 Å². The van der Waals surface area contributed by atoms with Gasteiger partial charge >= 0.3 is 10.2 Å². The van der Waals surface area contributed by atoms with Crippen LogP contribution < -0.4 is 5.73 Å². The Balaban J connectivity index is 0.000000288. The summed E-state index contributed by atoms with van der Waals surface area (Å²) in [6.07, 6.45) is 0. The van der Waals surface area contributed by atoms with Gasteiger partial charge in [-0.25, -0.2) is 8.42 Å². The first-order valence-corrected chi connectivity index (χ1v) is 5.09. The summed E-state index contributed by atoms with van der Waals surface area (Å²) in [5.74, 6) is 0. The van der Waals surface area contributed by atoms with Gasteiger partial charge in [0.1, 0.15) is 0 Å². The van der Waals surface area contributed by atoms with Crippen LogP contribution in [0.5, 0.6) is 0 Å². The van der Waals surface area contributed by atoms with Crippen molar-refractivity contribution in [1.82, 2.24) is 0 Å². The second kappa shape index (κ2) is 6.96. The van der Waals surface area contributed by atoms with E-state index in [1.165, 1.54) is 0 Å². The number of benzene rings is 1. The molecule has 0 unspecified atom stereocenters. The normalized spacial score (nSPS) is 8.75. The Hall–Kier alpha value is -2.41. The molecule has 0 heterocycles. The monoisotopic (exact) mass is 241 g/mol. The second-order valence-corrected chi connectivity index (χ2v) is 3.42. The summed E-state index contributed by atoms with van der Waals surface area (Å²) in [6, 6.07) is 9.49. The van der Waals surface area contributed by atoms with Gasteiger partial charge in [-0.1, -0.05) is 18.2 Å². The minimum absolute atomic E-state index is 0.822. The molecule has 9 nitrogen and oxygen atoms in total. The first-order valence-electron chi connectivity index (χ1n) is 3.70. The number of nitrogens with zero attached hydrogens (tertiary/aromatic N) is 6. The van der Waals surface area contributed by atoms with E-state index in [2.05, 4.69) is 9.04 Å². The molecule has 0 bridgehead atoms. The summed E-state index contributed by atoms with van der Waals surface area (Å²) in [7, 11) is -4.27. The summed E-state index contributed by atoms with van der Waals surface area (Å²) in [6.45, 7) is 0. The van der Waals surface area contributed by atoms with Crippen molar-refractivity contribution < 1.29 is 8.42 Å². The van der Waals surface area contributed by atoms with Crippen molar-refractivity contribution in [3.05, 3.63) is 51.2 Å². The van der Waals surface area contributed by atoms with Gasteiger partial charge in [0.15, 0.2) is 0 Å². The third-order valence-electron chi connectivity index (χ3n) is 1.08. The van der Waals surface area contributed by atoms with Crippen LogP contribution in [0.1, 0.15) is 0 Å². The number of rotatable bonds is 2. The molecule has 0 atom stereocenters. The van der Waals surface area contributed by atoms with Crippen LogP contribution in [0, 0.1) is 0 Å². The van der Waals surface area contributed by atoms with Crippen molar-refractivity contribution in [3.63, 3.8) is 0 Å². The summed E-state index contributed by atoms with van der Waals surface area (Å²) in [5.41, 5.74) is 21.2. The lowest BCUT2D eigenvalue weighted by atomic mass is 10.3. The zero-order valence-corrected chi connectivity index (χ0v) is 8.69. The van der Waals surface area contributed by atoms with Gasteiger partial charge in [-0.05, 0) is 23.2 Å². The summed E-state index contributed by atoms with van der Waals surface area (Å²) >= 11 is 0. The molecule has 0 saturated heterocycles. The molecule has 0 spiro atoms. The molecule has 1 aromatic carbocycles. The molecule has 0 aliphatic carbocycles. The third kappa shape index (κ3) is 7.04. The molecule has 84 valence electrons. The van der Waals surface area contributed by atoms with Gasteiger partial charge in [0, 0.05) is 24.5 Å². The fraction of sp³-hybridized carbons (Fsp3) is 0. The maximum atomic E-state index is 9.99. The lowest BCUT2D eigenvalue weighted by Gasteiger charge is -1.83. The highest BCUT2D eigenvalue weighted by Crippen LogP contribution is 1.96. The Kier molecular flexibility index (Phi) is 5.91. The molecule has 1 rings (SSSR count). The molecule has 10 heteroatoms. The van der Waals surface area contributed by atoms with E-state index >= 15 is 0 Å². The fourth-order valence-corrected chi connectivity index (χ4v) is 0.779. The summed E-state index contributed by atoms with van der Waals surface area (Å²) in [5, 5.41) is 0. The average Bonchev–Trinajstić information content (AvgIpc) is 2.19. The third-order valence-corrected chi connectivity index (χ3v) is 1.64. The summed E-state index contributed by atoms with van der Waals surface area (Å²) in [4.78, 5) is 3.80. The molecule has 0 aromatic heterocycles. The van der Waals surface area contributed by atoms with Gasteiger partial charge in [-0.15, -0.1) is 0 Å². The standard InChI is InChI=1S/C6H7N.N6O2S/c7-6-4-2-1-3-5-6;1-3-5-9(7,8)6-4-2/h1-5H,7H2;. The zero-order valence-electron chi connectivity index (χ0n) is 7.87. The lowest BCUT2D eigenvalue weighted by Crippen LogP contribution is -1.82. The quantitative estimate of drug-likeness (QED) is 0.364. The van der Waals surface area contributed by atoms with Crippen LogP contribution in [0.2, 0.25) is 0 Å². The Morgan fingerprint density at radius 2 is 1.50 bits per heavy atom. The highest BCUT2D eigenvalue weighted by molar-refractivity contribution is 7.88. The second-order valence-electron chi connectivity index (χ2n) is 2.20. The van der Waals surface area contributed by atoms with E-state index in [0.717, 1.165) is 5.69 Å². The van der Waals surface area contributed by atoms with Gasteiger partial charge in [0.05, 0.1) is 0 Å². The highest BCUT2D eigenvalue weighted by Gasteiger charge is 1.99. The topological polar surface area (TPSA) is 158 Å². The Morgan fingerprint density at radius 3 is 1.75 bits per heavy atom. The molecule has 0 aliphatic rings. The smallest absolute Gasteiger partial charge is 0.321 e. The molecule has 0 aliphatic heterocycles. The van der Waals surface area contributed by atoms with Crippen LogP contribution in [0.25, 0.3) is 20.9 Å². The molecule has 0 fully saturated rings. The number of hydrogen-bond acceptors (Lipinski definition) is 3. The van der Waals surface area contributed by atoms with Crippen molar-refractivity contribution in [2.75, 3.05) is 5.73 Å². The summed E-state index contributed by atoms with van der Waals surface area (Å²) < 4.78 is 24.3. The number of nitrogen functional groups attached to an aromatic ring is 1. The van der Waals surface area contributed by atoms with Crippen LogP contribution in [-0.2, 0) is 10.2 Å². The average molecular weight is 241 g/mol. The lowest BCUT2D eigenvalue weighted by molar-refractivity contribution is 0.599. The zero-order chi connectivity index (χ0) is 12.4. The molecule has 0 radical (unpaired) electrons. The largest absolute Gasteiger partial charge is 0.399 e. The van der Waals surface area contributed by atoms with Crippen molar-refractivity contribution >= 4 is 15.9 Å². The van der Waals surface area contributed by atoms with E-state index in [1.807, 2.05) is 40.2 Å². The van der Waals surface area contributed by atoms with Crippen molar-refractivity contribution in [2.24, 2.45) is 9.04 Å². The SMILES string of the molecule is Nc1ccccc1.[N-]=[N+]=NS(=O)(=O)N=[N+]=[N-]. The number of azide groups is 1. The minimum Gasteiger partial charge on any atom is -0.399 e. The molecule has 16 heavy (non-hydrogen) atoms. The van der Waals surface area contributed by atoms with Gasteiger partial charge < -0.3 is 5.73 Å². The molecule has 0 amide bonds. The number of anilines is 1. The van der Waals surface area contributed by atoms with Crippen LogP contribution >= 0.6 is 0 Å². The van der Waals surface area contributed by atoms with Crippen molar-refractivity contribution in [3.8, 4) is 0 Å². The first-order chi connectivity index (χ1) is 7.52. The van der Waals surface area contributed by atoms with Crippen LogP contribution in [-0.4, -0.2) is 8.42 Å². The Bertz CT molecular complexity index is 489. The number of hydrogen-bond donors (Lipinski definition) is 1. The molecule has 0 saturated carbocycles. The van der Waals surface area contributed by atoms with E-state index in [-0.39, 0.29) is 0 Å². The first kappa shape index (κ1) is 13.6. The predicted molar refractivity (Wildman–Crippen MR) is 58.1 cm³/mol. The Labute approximate surface area is 90.9 Å². The van der Waals surface area contributed by atoms with Crippen molar-refractivity contribution in [1.29, 1.82) is 0 Å². The van der Waals surface area contributed by atoms with E-state index < -0.39 is 10.2 Å². The van der Waals surface area contributed by atoms with Crippen LogP contribution in [0.15, 0.2) is 39.4 Å². The van der Waals surface area contributed by atoms with Gasteiger partial charge in [-0.2, -0.15) is 0 Å². The highest BCUT2D eigenvalue weighted by atomic mass is 32.2. The van der Waals surface area contributed by atoms with Gasteiger partial charge in [-0.3, -0.25) is 0 Å². The molecular formula is C6H7N7O2S. The maximum absolute atomic E-state index is 9.99. The fourth-order valence-electron chi connectivity index (χ4n) is 0.562. The van der Waals surface area contributed by atoms with E-state index in [1.54, 1.807) is 0 Å². The maximum Gasteiger partial charge on any atom is 0.321 e. The van der Waals surface area contributed by atoms with Crippen LogP contribution in [0.4, 0.5) is 5.69 Å². The Morgan fingerprint density at radius 1 is 1.06 bits per heavy atom. The number of para-hydroxylation sites is 1. The molecular weight excluding hydrogens is 234 g/mol. The van der Waals surface area contributed by atoms with E-state index in [0.29, 0.717) is 0 Å². The predicted octanol–water partition coefficient (Wildman–Crippen LogP) is 2.12. The number of nitrogens with two attached hydrogens (primary N) is 1. The van der Waals surface area contributed by atoms with E-state index in [4.69, 9.17) is 16.8 Å². The van der Waals surface area contributed by atoms with Gasteiger partial charge in [0.2, 0.25) is 0 Å².